The van der Waals surface area contributed by atoms with Gasteiger partial charge in [-0.2, -0.15) is 5.10 Å². The average molecular weight is 326 g/mol. The van der Waals surface area contributed by atoms with Crippen LogP contribution >= 0.6 is 11.6 Å². The number of hydrogen-bond acceptors (Lipinski definition) is 3. The second-order valence-electron chi connectivity index (χ2n) is 5.32. The molecule has 1 aromatic heterocycles. The van der Waals surface area contributed by atoms with E-state index in [4.69, 9.17) is 11.6 Å². The zero-order chi connectivity index (χ0) is 16.3. The Hall–Kier alpha value is -2.43. The first-order valence-electron chi connectivity index (χ1n) is 7.17. The van der Waals surface area contributed by atoms with Crippen molar-refractivity contribution in [1.82, 2.24) is 15.2 Å². The Morgan fingerprint density at radius 3 is 2.43 bits per heavy atom. The standard InChI is InChI=1S/C18H16ClN3O/c1-13(14-5-3-2-4-6-14)18(23,11-17-20-12-21-22-17)15-7-9-16(19)10-8-15/h2-10,12,23H,1,11H2,(H,20,21,22). The maximum Gasteiger partial charge on any atom is 0.137 e. The predicted octanol–water partition coefficient (Wildman–Crippen LogP) is 3.60. The van der Waals surface area contributed by atoms with E-state index in [1.54, 1.807) is 24.3 Å². The van der Waals surface area contributed by atoms with Crippen LogP contribution < -0.4 is 0 Å². The van der Waals surface area contributed by atoms with Crippen LogP contribution in [0.2, 0.25) is 5.02 Å². The molecule has 1 atom stereocenters. The van der Waals surface area contributed by atoms with Crippen LogP contribution in [0, 0.1) is 0 Å². The Balaban J connectivity index is 2.05. The first-order chi connectivity index (χ1) is 11.1. The van der Waals surface area contributed by atoms with E-state index in [-0.39, 0.29) is 6.42 Å². The number of rotatable bonds is 5. The molecular weight excluding hydrogens is 310 g/mol. The summed E-state index contributed by atoms with van der Waals surface area (Å²) in [6.45, 7) is 4.13. The van der Waals surface area contributed by atoms with Gasteiger partial charge in [0.05, 0.1) is 0 Å². The summed E-state index contributed by atoms with van der Waals surface area (Å²) in [6, 6.07) is 16.7. The van der Waals surface area contributed by atoms with E-state index in [0.29, 0.717) is 22.0 Å². The monoisotopic (exact) mass is 325 g/mol. The van der Waals surface area contributed by atoms with Crippen LogP contribution in [0.3, 0.4) is 0 Å². The third-order valence-corrected chi connectivity index (χ3v) is 4.08. The molecule has 3 rings (SSSR count). The van der Waals surface area contributed by atoms with Crippen LogP contribution in [0.4, 0.5) is 0 Å². The van der Waals surface area contributed by atoms with Gasteiger partial charge in [0.1, 0.15) is 17.8 Å². The van der Waals surface area contributed by atoms with Gasteiger partial charge in [-0.15, -0.1) is 0 Å². The number of aromatic nitrogens is 3. The molecule has 0 fully saturated rings. The van der Waals surface area contributed by atoms with E-state index in [1.165, 1.54) is 6.33 Å². The van der Waals surface area contributed by atoms with Crippen molar-refractivity contribution in [2.24, 2.45) is 0 Å². The van der Waals surface area contributed by atoms with Gasteiger partial charge in [0, 0.05) is 11.4 Å². The van der Waals surface area contributed by atoms with Crippen LogP contribution in [0.15, 0.2) is 67.5 Å². The molecule has 116 valence electrons. The summed E-state index contributed by atoms with van der Waals surface area (Å²) in [5, 5.41) is 18.7. The molecule has 3 aromatic rings. The molecule has 1 unspecified atom stereocenters. The van der Waals surface area contributed by atoms with Crippen molar-refractivity contribution >= 4 is 17.2 Å². The van der Waals surface area contributed by atoms with Crippen molar-refractivity contribution in [1.29, 1.82) is 0 Å². The lowest BCUT2D eigenvalue weighted by molar-refractivity contribution is 0.0990. The minimum absolute atomic E-state index is 0.238. The maximum atomic E-state index is 11.4. The molecule has 4 nitrogen and oxygen atoms in total. The molecule has 1 heterocycles. The van der Waals surface area contributed by atoms with E-state index >= 15 is 0 Å². The van der Waals surface area contributed by atoms with Crippen molar-refractivity contribution in [2.45, 2.75) is 12.0 Å². The molecule has 5 heteroatoms. The van der Waals surface area contributed by atoms with Crippen molar-refractivity contribution in [3.8, 4) is 0 Å². The molecule has 0 aliphatic rings. The zero-order valence-electron chi connectivity index (χ0n) is 12.4. The van der Waals surface area contributed by atoms with Gasteiger partial charge in [-0.05, 0) is 28.8 Å². The Bertz CT molecular complexity index is 785. The lowest BCUT2D eigenvalue weighted by Gasteiger charge is -2.30. The zero-order valence-corrected chi connectivity index (χ0v) is 13.2. The van der Waals surface area contributed by atoms with E-state index in [1.807, 2.05) is 30.3 Å². The second kappa shape index (κ2) is 6.36. The summed E-state index contributed by atoms with van der Waals surface area (Å²) >= 11 is 5.97. The highest BCUT2D eigenvalue weighted by Crippen LogP contribution is 2.37. The highest BCUT2D eigenvalue weighted by atomic mass is 35.5. The van der Waals surface area contributed by atoms with Crippen LogP contribution in [0.1, 0.15) is 17.0 Å². The summed E-state index contributed by atoms with van der Waals surface area (Å²) in [5.74, 6) is 0.583. The molecule has 2 aromatic carbocycles. The van der Waals surface area contributed by atoms with Gasteiger partial charge in [-0.25, -0.2) is 4.98 Å². The van der Waals surface area contributed by atoms with E-state index in [0.717, 1.165) is 5.56 Å². The van der Waals surface area contributed by atoms with Crippen molar-refractivity contribution in [3.05, 3.63) is 89.5 Å². The molecule has 23 heavy (non-hydrogen) atoms. The molecule has 0 aliphatic heterocycles. The van der Waals surface area contributed by atoms with Crippen molar-refractivity contribution in [2.75, 3.05) is 0 Å². The Morgan fingerprint density at radius 2 is 1.83 bits per heavy atom. The van der Waals surface area contributed by atoms with Crippen LogP contribution in [-0.2, 0) is 12.0 Å². The molecule has 0 aliphatic carbocycles. The highest BCUT2D eigenvalue weighted by Gasteiger charge is 2.34. The highest BCUT2D eigenvalue weighted by molar-refractivity contribution is 6.30. The van der Waals surface area contributed by atoms with Gasteiger partial charge in [0.25, 0.3) is 0 Å². The SMILES string of the molecule is C=C(c1ccccc1)C(O)(Cc1ncn[nH]1)c1ccc(Cl)cc1. The minimum atomic E-state index is -1.31. The Labute approximate surface area is 139 Å². The first kappa shape index (κ1) is 15.5. The molecule has 2 N–H and O–H groups in total. The second-order valence-corrected chi connectivity index (χ2v) is 5.76. The number of aromatic amines is 1. The molecule has 0 amide bonds. The smallest absolute Gasteiger partial charge is 0.137 e. The fourth-order valence-electron chi connectivity index (χ4n) is 2.55. The quantitative estimate of drug-likeness (QED) is 0.753. The van der Waals surface area contributed by atoms with E-state index in [9.17, 15) is 5.11 Å². The number of benzene rings is 2. The summed E-state index contributed by atoms with van der Waals surface area (Å²) in [4.78, 5) is 4.13. The van der Waals surface area contributed by atoms with Gasteiger partial charge in [0.15, 0.2) is 0 Å². The van der Waals surface area contributed by atoms with E-state index < -0.39 is 5.60 Å². The Kier molecular flexibility index (Phi) is 4.28. The third-order valence-electron chi connectivity index (χ3n) is 3.83. The summed E-state index contributed by atoms with van der Waals surface area (Å²) in [7, 11) is 0. The van der Waals surface area contributed by atoms with Crippen molar-refractivity contribution in [3.63, 3.8) is 0 Å². The topological polar surface area (TPSA) is 61.8 Å². The van der Waals surface area contributed by atoms with Gasteiger partial charge in [-0.3, -0.25) is 5.10 Å². The molecule has 0 radical (unpaired) electrons. The van der Waals surface area contributed by atoms with Gasteiger partial charge >= 0.3 is 0 Å². The van der Waals surface area contributed by atoms with E-state index in [2.05, 4.69) is 21.8 Å². The molecule has 0 saturated carbocycles. The number of nitrogens with one attached hydrogen (secondary N) is 1. The number of nitrogens with zero attached hydrogens (tertiary/aromatic N) is 2. The fraction of sp³-hybridized carbons (Fsp3) is 0.111. The summed E-state index contributed by atoms with van der Waals surface area (Å²) < 4.78 is 0. The Morgan fingerprint density at radius 1 is 1.13 bits per heavy atom. The van der Waals surface area contributed by atoms with Crippen LogP contribution in [-0.4, -0.2) is 20.3 Å². The average Bonchev–Trinajstić information content (AvgIpc) is 3.08. The summed E-state index contributed by atoms with van der Waals surface area (Å²) in [5.41, 5.74) is 0.847. The third kappa shape index (κ3) is 3.18. The minimum Gasteiger partial charge on any atom is -0.380 e. The normalized spacial score (nSPS) is 13.5. The molecule has 0 spiro atoms. The predicted molar refractivity (Wildman–Crippen MR) is 90.9 cm³/mol. The number of H-pyrrole nitrogens is 1. The lowest BCUT2D eigenvalue weighted by atomic mass is 9.80. The van der Waals surface area contributed by atoms with Gasteiger partial charge in [-0.1, -0.05) is 60.6 Å². The largest absolute Gasteiger partial charge is 0.380 e. The van der Waals surface area contributed by atoms with Crippen LogP contribution in [0.25, 0.3) is 5.57 Å². The maximum absolute atomic E-state index is 11.4. The summed E-state index contributed by atoms with van der Waals surface area (Å²) in [6.07, 6.45) is 1.66. The number of hydrogen-bond donors (Lipinski definition) is 2. The molecule has 0 saturated heterocycles. The molecular formula is C18H16ClN3O. The van der Waals surface area contributed by atoms with Gasteiger partial charge in [0.2, 0.25) is 0 Å². The number of aliphatic hydroxyl groups is 1. The van der Waals surface area contributed by atoms with Crippen LogP contribution in [0.5, 0.6) is 0 Å². The van der Waals surface area contributed by atoms with Gasteiger partial charge < -0.3 is 5.11 Å². The fourth-order valence-corrected chi connectivity index (χ4v) is 2.67. The molecule has 0 bridgehead atoms. The lowest BCUT2D eigenvalue weighted by Crippen LogP contribution is -2.30. The van der Waals surface area contributed by atoms with Crippen molar-refractivity contribution < 1.29 is 5.11 Å². The first-order valence-corrected chi connectivity index (χ1v) is 7.55. The number of halogens is 1.